The molecule has 3 rings (SSSR count). The second-order valence-corrected chi connectivity index (χ2v) is 7.13. The van der Waals surface area contributed by atoms with Crippen molar-refractivity contribution in [1.29, 1.82) is 0 Å². The van der Waals surface area contributed by atoms with Crippen molar-refractivity contribution in [2.45, 2.75) is 25.8 Å². The predicted molar refractivity (Wildman–Crippen MR) is 117 cm³/mol. The van der Waals surface area contributed by atoms with E-state index in [1.807, 2.05) is 37.4 Å². The third-order valence-corrected chi connectivity index (χ3v) is 4.96. The van der Waals surface area contributed by atoms with Gasteiger partial charge in [-0.2, -0.15) is 0 Å². The third-order valence-electron chi connectivity index (χ3n) is 4.96. The molecule has 0 fully saturated rings. The van der Waals surface area contributed by atoms with E-state index in [1.165, 1.54) is 0 Å². The summed E-state index contributed by atoms with van der Waals surface area (Å²) >= 11 is 0. The van der Waals surface area contributed by atoms with Crippen LogP contribution in [0.3, 0.4) is 0 Å². The van der Waals surface area contributed by atoms with E-state index in [1.54, 1.807) is 24.3 Å². The zero-order chi connectivity index (χ0) is 21.5. The number of fused-ring (bicyclic) bond motifs is 1. The maximum Gasteiger partial charge on any atom is 0.251 e. The summed E-state index contributed by atoms with van der Waals surface area (Å²) < 4.78 is 0. The van der Waals surface area contributed by atoms with Crippen LogP contribution in [0.2, 0.25) is 0 Å². The van der Waals surface area contributed by atoms with Gasteiger partial charge in [0.15, 0.2) is 0 Å². The van der Waals surface area contributed by atoms with E-state index in [0.29, 0.717) is 24.0 Å². The molecule has 0 saturated heterocycles. The van der Waals surface area contributed by atoms with Crippen molar-refractivity contribution in [2.24, 2.45) is 11.7 Å². The van der Waals surface area contributed by atoms with Gasteiger partial charge in [-0.1, -0.05) is 43.0 Å². The van der Waals surface area contributed by atoms with E-state index >= 15 is 0 Å². The number of carbonyl (C=O) groups excluding carboxylic acids is 2. The number of para-hydroxylation sites is 1. The van der Waals surface area contributed by atoms with Gasteiger partial charge in [-0.05, 0) is 42.7 Å². The molecule has 0 bridgehead atoms. The SMILES string of the molecule is CCC(C#Cc1cccc(C(=O)N[C@@H](CO)Cc2c[nH]c3ccccc23)c1)C(N)=O. The number of carbonyl (C=O) groups is 2. The Kier molecular flexibility index (Phi) is 6.89. The zero-order valence-corrected chi connectivity index (χ0v) is 16.8. The number of nitrogens with two attached hydrogens (primary N) is 1. The Labute approximate surface area is 175 Å². The Balaban J connectivity index is 1.71. The lowest BCUT2D eigenvalue weighted by molar-refractivity contribution is -0.120. The highest BCUT2D eigenvalue weighted by molar-refractivity contribution is 5.95. The topological polar surface area (TPSA) is 108 Å². The monoisotopic (exact) mass is 403 g/mol. The van der Waals surface area contributed by atoms with Crippen LogP contribution in [0.25, 0.3) is 10.9 Å². The molecule has 0 aliphatic carbocycles. The van der Waals surface area contributed by atoms with Crippen LogP contribution in [0.4, 0.5) is 0 Å². The van der Waals surface area contributed by atoms with Gasteiger partial charge in [-0.25, -0.2) is 0 Å². The van der Waals surface area contributed by atoms with Gasteiger partial charge >= 0.3 is 0 Å². The minimum Gasteiger partial charge on any atom is -0.394 e. The van der Waals surface area contributed by atoms with Crippen LogP contribution in [0.5, 0.6) is 0 Å². The molecular weight excluding hydrogens is 378 g/mol. The number of primary amides is 1. The Hall–Kier alpha value is -3.56. The van der Waals surface area contributed by atoms with Gasteiger partial charge in [0.1, 0.15) is 0 Å². The Bertz CT molecular complexity index is 1110. The molecule has 0 aliphatic rings. The molecule has 6 nitrogen and oxygen atoms in total. The van der Waals surface area contributed by atoms with Crippen LogP contribution in [0, 0.1) is 17.8 Å². The van der Waals surface area contributed by atoms with Crippen LogP contribution in [-0.4, -0.2) is 34.6 Å². The van der Waals surface area contributed by atoms with Gasteiger partial charge < -0.3 is 21.1 Å². The molecule has 0 aliphatic heterocycles. The molecule has 2 aromatic carbocycles. The molecule has 1 heterocycles. The Morgan fingerprint density at radius 3 is 2.73 bits per heavy atom. The maximum absolute atomic E-state index is 12.7. The van der Waals surface area contributed by atoms with Crippen LogP contribution in [0.15, 0.2) is 54.7 Å². The number of rotatable bonds is 7. The number of aliphatic hydroxyl groups is 1. The normalized spacial score (nSPS) is 12.6. The van der Waals surface area contributed by atoms with Gasteiger partial charge in [0.05, 0.1) is 18.6 Å². The highest BCUT2D eigenvalue weighted by Crippen LogP contribution is 2.19. The average Bonchev–Trinajstić information content (AvgIpc) is 3.16. The summed E-state index contributed by atoms with van der Waals surface area (Å²) in [7, 11) is 0. The van der Waals surface area contributed by atoms with E-state index in [0.717, 1.165) is 16.5 Å². The standard InChI is InChI=1S/C24H25N3O3/c1-2-17(23(25)29)11-10-16-6-5-7-18(12-16)24(30)27-20(15-28)13-19-14-26-22-9-4-3-8-21(19)22/h3-9,12,14,17,20,26,28H,2,13,15H2,1H3,(H2,25,29)(H,27,30)/t17?,20-/m1/s1. The molecule has 0 saturated carbocycles. The molecule has 2 amide bonds. The summed E-state index contributed by atoms with van der Waals surface area (Å²) in [5.74, 6) is 4.50. The number of H-pyrrole nitrogens is 1. The number of aromatic amines is 1. The molecule has 0 radical (unpaired) electrons. The van der Waals surface area contributed by atoms with E-state index in [9.17, 15) is 14.7 Å². The molecule has 1 aromatic heterocycles. The van der Waals surface area contributed by atoms with Crippen molar-refractivity contribution >= 4 is 22.7 Å². The minimum absolute atomic E-state index is 0.179. The maximum atomic E-state index is 12.7. The average molecular weight is 403 g/mol. The highest BCUT2D eigenvalue weighted by Gasteiger charge is 2.16. The summed E-state index contributed by atoms with van der Waals surface area (Å²) in [5, 5.41) is 13.7. The fraction of sp³-hybridized carbons (Fsp3) is 0.250. The first kappa shape index (κ1) is 21.2. The summed E-state index contributed by atoms with van der Waals surface area (Å²) in [6, 6.07) is 14.3. The number of hydrogen-bond donors (Lipinski definition) is 4. The summed E-state index contributed by atoms with van der Waals surface area (Å²) in [6.45, 7) is 1.66. The highest BCUT2D eigenvalue weighted by atomic mass is 16.3. The van der Waals surface area contributed by atoms with Gasteiger partial charge in [-0.15, -0.1) is 0 Å². The van der Waals surface area contributed by atoms with Crippen molar-refractivity contribution in [1.82, 2.24) is 10.3 Å². The first-order chi connectivity index (χ1) is 14.5. The molecule has 0 spiro atoms. The van der Waals surface area contributed by atoms with E-state index in [4.69, 9.17) is 5.73 Å². The fourth-order valence-corrected chi connectivity index (χ4v) is 3.28. The van der Waals surface area contributed by atoms with Crippen molar-refractivity contribution < 1.29 is 14.7 Å². The first-order valence-electron chi connectivity index (χ1n) is 9.89. The smallest absolute Gasteiger partial charge is 0.251 e. The molecule has 154 valence electrons. The molecule has 2 atom stereocenters. The van der Waals surface area contributed by atoms with E-state index in [-0.39, 0.29) is 12.5 Å². The number of benzene rings is 2. The molecule has 3 aromatic rings. The van der Waals surface area contributed by atoms with Crippen LogP contribution in [0.1, 0.15) is 34.8 Å². The van der Waals surface area contributed by atoms with Crippen LogP contribution >= 0.6 is 0 Å². The first-order valence-corrected chi connectivity index (χ1v) is 9.89. The van der Waals surface area contributed by atoms with Crippen molar-refractivity contribution in [3.05, 3.63) is 71.4 Å². The number of nitrogens with one attached hydrogen (secondary N) is 2. The molecule has 5 N–H and O–H groups in total. The molecule has 1 unspecified atom stereocenters. The second kappa shape index (κ2) is 9.77. The lowest BCUT2D eigenvalue weighted by Crippen LogP contribution is -2.39. The van der Waals surface area contributed by atoms with E-state index in [2.05, 4.69) is 22.1 Å². The Morgan fingerprint density at radius 2 is 2.00 bits per heavy atom. The zero-order valence-electron chi connectivity index (χ0n) is 16.8. The van der Waals surface area contributed by atoms with Crippen LogP contribution < -0.4 is 11.1 Å². The quantitative estimate of drug-likeness (QED) is 0.455. The fourth-order valence-electron chi connectivity index (χ4n) is 3.28. The third kappa shape index (κ3) is 5.07. The van der Waals surface area contributed by atoms with Crippen molar-refractivity contribution in [3.8, 4) is 11.8 Å². The Morgan fingerprint density at radius 1 is 1.20 bits per heavy atom. The number of amides is 2. The van der Waals surface area contributed by atoms with Gasteiger partial charge in [-0.3, -0.25) is 9.59 Å². The number of aliphatic hydroxyl groups excluding tert-OH is 1. The largest absolute Gasteiger partial charge is 0.394 e. The number of aromatic nitrogens is 1. The predicted octanol–water partition coefficient (Wildman–Crippen LogP) is 2.36. The minimum atomic E-state index is -0.516. The summed E-state index contributed by atoms with van der Waals surface area (Å²) in [6.07, 6.45) is 2.94. The van der Waals surface area contributed by atoms with Gasteiger partial charge in [0.2, 0.25) is 5.91 Å². The van der Waals surface area contributed by atoms with Gasteiger partial charge in [0, 0.05) is 28.2 Å². The van der Waals surface area contributed by atoms with Crippen molar-refractivity contribution in [2.75, 3.05) is 6.61 Å². The molecular formula is C24H25N3O3. The second-order valence-electron chi connectivity index (χ2n) is 7.13. The van der Waals surface area contributed by atoms with Gasteiger partial charge in [0.25, 0.3) is 5.91 Å². The number of hydrogen-bond acceptors (Lipinski definition) is 3. The van der Waals surface area contributed by atoms with E-state index < -0.39 is 17.9 Å². The summed E-state index contributed by atoms with van der Waals surface area (Å²) in [4.78, 5) is 27.2. The lowest BCUT2D eigenvalue weighted by Gasteiger charge is -2.16. The van der Waals surface area contributed by atoms with Crippen LogP contribution in [-0.2, 0) is 11.2 Å². The molecule has 6 heteroatoms. The van der Waals surface area contributed by atoms with Crippen molar-refractivity contribution in [3.63, 3.8) is 0 Å². The lowest BCUT2D eigenvalue weighted by atomic mass is 10.0. The summed E-state index contributed by atoms with van der Waals surface area (Å²) in [5.41, 5.74) is 8.43. The molecule has 30 heavy (non-hydrogen) atoms.